The van der Waals surface area contributed by atoms with E-state index in [0.29, 0.717) is 38.8 Å². The number of carbonyl (C=O) groups is 1. The highest BCUT2D eigenvalue weighted by Gasteiger charge is 2.47. The minimum atomic E-state index is -2.13. The SMILES string of the molecule is COCNC(=O)c1ccc2ncnc(Nc3ccc(O[Si](C(C)C)(C(C)C)C(C)C)c(Cl)c3)c2c1. The second-order valence-corrected chi connectivity index (χ2v) is 15.4. The lowest BCUT2D eigenvalue weighted by atomic mass is 10.1. The van der Waals surface area contributed by atoms with E-state index in [1.807, 2.05) is 18.2 Å². The zero-order chi connectivity index (χ0) is 25.8. The number of amides is 1. The zero-order valence-electron chi connectivity index (χ0n) is 21.5. The van der Waals surface area contributed by atoms with Gasteiger partial charge < -0.3 is 19.8 Å². The van der Waals surface area contributed by atoms with Gasteiger partial charge >= 0.3 is 0 Å². The summed E-state index contributed by atoms with van der Waals surface area (Å²) in [7, 11) is -0.604. The van der Waals surface area contributed by atoms with E-state index in [4.69, 9.17) is 20.8 Å². The molecule has 9 heteroatoms. The van der Waals surface area contributed by atoms with Crippen LogP contribution in [0.5, 0.6) is 5.75 Å². The molecule has 0 aliphatic carbocycles. The summed E-state index contributed by atoms with van der Waals surface area (Å²) in [5.74, 6) is 1.06. The lowest BCUT2D eigenvalue weighted by molar-refractivity contribution is 0.0872. The third-order valence-corrected chi connectivity index (χ3v) is 12.7. The van der Waals surface area contributed by atoms with Gasteiger partial charge in [0, 0.05) is 23.7 Å². The van der Waals surface area contributed by atoms with Crippen LogP contribution in [0.25, 0.3) is 10.9 Å². The summed E-state index contributed by atoms with van der Waals surface area (Å²) in [4.78, 5) is 21.1. The number of rotatable bonds is 10. The Labute approximate surface area is 213 Å². The second kappa shape index (κ2) is 11.4. The Balaban J connectivity index is 1.91. The van der Waals surface area contributed by atoms with Gasteiger partial charge in [0.05, 0.1) is 10.5 Å². The number of ether oxygens (including phenoxy) is 1. The van der Waals surface area contributed by atoms with Gasteiger partial charge in [0.1, 0.15) is 24.6 Å². The number of nitrogens with one attached hydrogen (secondary N) is 2. The first-order chi connectivity index (χ1) is 16.6. The summed E-state index contributed by atoms with van der Waals surface area (Å²) >= 11 is 6.71. The van der Waals surface area contributed by atoms with Crippen molar-refractivity contribution < 1.29 is 14.0 Å². The quantitative estimate of drug-likeness (QED) is 0.226. The third kappa shape index (κ3) is 5.77. The third-order valence-electron chi connectivity index (χ3n) is 6.46. The molecule has 0 aliphatic rings. The Morgan fingerprint density at radius 1 is 1.00 bits per heavy atom. The van der Waals surface area contributed by atoms with Crippen LogP contribution in [-0.4, -0.2) is 38.0 Å². The molecule has 0 fully saturated rings. The predicted octanol–water partition coefficient (Wildman–Crippen LogP) is 6.91. The second-order valence-electron chi connectivity index (χ2n) is 9.58. The molecular weight excluding hydrogens is 480 g/mol. The molecule has 188 valence electrons. The van der Waals surface area contributed by atoms with Gasteiger partial charge in [-0.1, -0.05) is 53.1 Å². The van der Waals surface area contributed by atoms with Gasteiger partial charge in [-0.15, -0.1) is 0 Å². The summed E-state index contributed by atoms with van der Waals surface area (Å²) in [6, 6.07) is 11.0. The number of carbonyl (C=O) groups excluding carboxylic acids is 1. The van der Waals surface area contributed by atoms with Crippen molar-refractivity contribution in [3.05, 3.63) is 53.3 Å². The monoisotopic (exact) mass is 514 g/mol. The number of aromatic nitrogens is 2. The number of halogens is 1. The fraction of sp³-hybridized carbons (Fsp3) is 0.423. The van der Waals surface area contributed by atoms with E-state index >= 15 is 0 Å². The average Bonchev–Trinajstić information content (AvgIpc) is 2.81. The minimum Gasteiger partial charge on any atom is -0.542 e. The summed E-state index contributed by atoms with van der Waals surface area (Å²) in [5.41, 5.74) is 3.31. The maximum Gasteiger partial charge on any atom is 0.258 e. The molecule has 2 aromatic carbocycles. The van der Waals surface area contributed by atoms with Crippen LogP contribution in [0.4, 0.5) is 11.5 Å². The normalized spacial score (nSPS) is 12.0. The van der Waals surface area contributed by atoms with Gasteiger partial charge in [-0.05, 0) is 53.0 Å². The van der Waals surface area contributed by atoms with E-state index in [-0.39, 0.29) is 12.6 Å². The Bertz CT molecular complexity index is 1160. The molecular formula is C26H35ClN4O3Si. The summed E-state index contributed by atoms with van der Waals surface area (Å²) in [5, 5.41) is 7.28. The first kappa shape index (κ1) is 26.9. The highest BCUT2D eigenvalue weighted by atomic mass is 35.5. The van der Waals surface area contributed by atoms with Crippen molar-refractivity contribution in [2.45, 2.75) is 58.2 Å². The minimum absolute atomic E-state index is 0.134. The van der Waals surface area contributed by atoms with E-state index in [0.717, 1.165) is 16.6 Å². The fourth-order valence-electron chi connectivity index (χ4n) is 4.88. The predicted molar refractivity (Wildman–Crippen MR) is 145 cm³/mol. The van der Waals surface area contributed by atoms with Crippen molar-refractivity contribution >= 4 is 48.2 Å². The Morgan fingerprint density at radius 3 is 2.29 bits per heavy atom. The highest BCUT2D eigenvalue weighted by molar-refractivity contribution is 6.78. The first-order valence-electron chi connectivity index (χ1n) is 11.9. The van der Waals surface area contributed by atoms with Crippen LogP contribution >= 0.6 is 11.6 Å². The maximum absolute atomic E-state index is 12.4. The fourth-order valence-corrected chi connectivity index (χ4v) is 10.4. The number of nitrogens with zero attached hydrogens (tertiary/aromatic N) is 2. The summed E-state index contributed by atoms with van der Waals surface area (Å²) in [6.45, 7) is 13.6. The van der Waals surface area contributed by atoms with Crippen LogP contribution in [0.2, 0.25) is 21.6 Å². The van der Waals surface area contributed by atoms with Crippen LogP contribution in [-0.2, 0) is 4.74 Å². The topological polar surface area (TPSA) is 85.4 Å². The maximum atomic E-state index is 12.4. The molecule has 0 saturated carbocycles. The molecule has 0 saturated heterocycles. The van der Waals surface area contributed by atoms with Gasteiger partial charge in [0.15, 0.2) is 0 Å². The Kier molecular flexibility index (Phi) is 8.74. The van der Waals surface area contributed by atoms with Crippen molar-refractivity contribution in [3.8, 4) is 5.75 Å². The molecule has 0 spiro atoms. The molecule has 0 radical (unpaired) electrons. The molecule has 35 heavy (non-hydrogen) atoms. The van der Waals surface area contributed by atoms with Gasteiger partial charge in [-0.3, -0.25) is 4.79 Å². The van der Waals surface area contributed by atoms with Crippen LogP contribution in [0.15, 0.2) is 42.7 Å². The molecule has 0 bridgehead atoms. The number of fused-ring (bicyclic) bond motifs is 1. The molecule has 1 aromatic heterocycles. The molecule has 0 aliphatic heterocycles. The van der Waals surface area contributed by atoms with E-state index in [1.54, 1.807) is 18.2 Å². The molecule has 3 aromatic rings. The molecule has 0 atom stereocenters. The van der Waals surface area contributed by atoms with Crippen molar-refractivity contribution in [1.82, 2.24) is 15.3 Å². The highest BCUT2D eigenvalue weighted by Crippen LogP contribution is 2.44. The van der Waals surface area contributed by atoms with Crippen molar-refractivity contribution in [2.24, 2.45) is 0 Å². The van der Waals surface area contributed by atoms with Crippen LogP contribution < -0.4 is 15.1 Å². The molecule has 1 heterocycles. The van der Waals surface area contributed by atoms with Crippen LogP contribution in [0.1, 0.15) is 51.9 Å². The number of hydrogen-bond acceptors (Lipinski definition) is 6. The van der Waals surface area contributed by atoms with E-state index < -0.39 is 8.32 Å². The van der Waals surface area contributed by atoms with Crippen LogP contribution in [0.3, 0.4) is 0 Å². The Hall–Kier alpha value is -2.68. The molecule has 0 unspecified atom stereocenters. The largest absolute Gasteiger partial charge is 0.542 e. The van der Waals surface area contributed by atoms with Crippen molar-refractivity contribution in [3.63, 3.8) is 0 Å². The molecule has 2 N–H and O–H groups in total. The van der Waals surface area contributed by atoms with Crippen molar-refractivity contribution in [1.29, 1.82) is 0 Å². The molecule has 1 amide bonds. The van der Waals surface area contributed by atoms with Gasteiger partial charge in [0.25, 0.3) is 14.2 Å². The van der Waals surface area contributed by atoms with Gasteiger partial charge in [-0.2, -0.15) is 0 Å². The average molecular weight is 515 g/mol. The standard InChI is InChI=1S/C26H35ClN4O3Si/c1-16(2)35(17(3)4,18(5)6)34-24-11-9-20(13-22(24)27)31-25-21-12-19(26(32)30-15-33-7)8-10-23(21)28-14-29-25/h8-14,16-18H,15H2,1-7H3,(H,30,32)(H,28,29,31). The zero-order valence-corrected chi connectivity index (χ0v) is 23.2. The van der Waals surface area contributed by atoms with Crippen molar-refractivity contribution in [2.75, 3.05) is 19.2 Å². The van der Waals surface area contributed by atoms with Gasteiger partial charge in [0.2, 0.25) is 0 Å². The first-order valence-corrected chi connectivity index (χ1v) is 14.4. The lowest BCUT2D eigenvalue weighted by Crippen LogP contribution is -2.50. The van der Waals surface area contributed by atoms with E-state index in [1.165, 1.54) is 13.4 Å². The number of anilines is 2. The smallest absolute Gasteiger partial charge is 0.258 e. The number of hydrogen-bond donors (Lipinski definition) is 2. The summed E-state index contributed by atoms with van der Waals surface area (Å²) < 4.78 is 11.7. The molecule has 7 nitrogen and oxygen atoms in total. The molecule has 3 rings (SSSR count). The number of methoxy groups -OCH3 is 1. The number of benzene rings is 2. The Morgan fingerprint density at radius 2 is 1.69 bits per heavy atom. The van der Waals surface area contributed by atoms with E-state index in [2.05, 4.69) is 62.1 Å². The van der Waals surface area contributed by atoms with Gasteiger partial charge in [-0.25, -0.2) is 9.97 Å². The lowest BCUT2D eigenvalue weighted by Gasteiger charge is -2.42. The van der Waals surface area contributed by atoms with Crippen LogP contribution in [0, 0.1) is 0 Å². The summed E-state index contributed by atoms with van der Waals surface area (Å²) in [6.07, 6.45) is 1.49. The van der Waals surface area contributed by atoms with E-state index in [9.17, 15) is 4.79 Å².